The average Bonchev–Trinajstić information content (AvgIpc) is 2.03. The molecule has 0 amide bonds. The fourth-order valence-electron chi connectivity index (χ4n) is 0.741. The molecule has 0 N–H and O–H groups in total. The van der Waals surface area contributed by atoms with Crippen LogP contribution in [0.15, 0.2) is 18.2 Å². The Kier molecular flexibility index (Phi) is 3.29. The average molecular weight is 193 g/mol. The third-order valence-electron chi connectivity index (χ3n) is 1.23. The van der Waals surface area contributed by atoms with Crippen LogP contribution in [0, 0.1) is 11.6 Å². The van der Waals surface area contributed by atoms with Crippen LogP contribution >= 0.6 is 11.6 Å². The van der Waals surface area contributed by atoms with E-state index >= 15 is 0 Å². The van der Waals surface area contributed by atoms with Gasteiger partial charge in [0.15, 0.2) is 11.6 Å². The van der Waals surface area contributed by atoms with E-state index in [1.165, 1.54) is 6.07 Å². The molecule has 0 radical (unpaired) electrons. The van der Waals surface area contributed by atoms with E-state index in [1.807, 2.05) is 0 Å². The Labute approximate surface area is 73.9 Å². The van der Waals surface area contributed by atoms with Gasteiger partial charge >= 0.3 is 0 Å². The molecule has 0 aliphatic heterocycles. The third-order valence-corrected chi connectivity index (χ3v) is 1.38. The van der Waals surface area contributed by atoms with Gasteiger partial charge in [0.25, 0.3) is 0 Å². The van der Waals surface area contributed by atoms with E-state index in [2.05, 4.69) is 0 Å². The predicted octanol–water partition coefficient (Wildman–Crippen LogP) is 2.58. The normalized spacial score (nSPS) is 9.92. The summed E-state index contributed by atoms with van der Waals surface area (Å²) in [5.41, 5.74) is 0. The van der Waals surface area contributed by atoms with Crippen LogP contribution in [0.5, 0.6) is 5.75 Å². The number of rotatable bonds is 3. The van der Waals surface area contributed by atoms with Gasteiger partial charge in [-0.2, -0.15) is 0 Å². The number of benzene rings is 1. The van der Waals surface area contributed by atoms with Crippen LogP contribution in [0.25, 0.3) is 0 Å². The first-order chi connectivity index (χ1) is 5.74. The van der Waals surface area contributed by atoms with Crippen molar-refractivity contribution in [2.24, 2.45) is 0 Å². The Morgan fingerprint density at radius 2 is 2.08 bits per heavy atom. The van der Waals surface area contributed by atoms with Crippen molar-refractivity contribution < 1.29 is 13.5 Å². The summed E-state index contributed by atoms with van der Waals surface area (Å²) in [6.45, 7) is 0.212. The molecular weight excluding hydrogens is 186 g/mol. The summed E-state index contributed by atoms with van der Waals surface area (Å²) in [5.74, 6) is -1.03. The van der Waals surface area contributed by atoms with E-state index in [4.69, 9.17) is 16.3 Å². The molecule has 12 heavy (non-hydrogen) atoms. The van der Waals surface area contributed by atoms with Crippen molar-refractivity contribution in [1.82, 2.24) is 0 Å². The van der Waals surface area contributed by atoms with Gasteiger partial charge in [-0.15, -0.1) is 11.6 Å². The molecule has 0 fully saturated rings. The molecule has 1 rings (SSSR count). The fourth-order valence-corrected chi connectivity index (χ4v) is 0.818. The maximum atomic E-state index is 12.8. The fraction of sp³-hybridized carbons (Fsp3) is 0.250. The van der Waals surface area contributed by atoms with Gasteiger partial charge in [0.05, 0.1) is 5.88 Å². The maximum absolute atomic E-state index is 12.8. The molecule has 1 nitrogen and oxygen atoms in total. The number of ether oxygens (including phenoxy) is 1. The van der Waals surface area contributed by atoms with Crippen molar-refractivity contribution in [2.45, 2.75) is 0 Å². The van der Waals surface area contributed by atoms with Gasteiger partial charge < -0.3 is 4.74 Å². The third kappa shape index (κ3) is 2.34. The second-order valence-corrected chi connectivity index (χ2v) is 2.49. The molecule has 0 aliphatic rings. The minimum absolute atomic E-state index is 0.0250. The lowest BCUT2D eigenvalue weighted by molar-refractivity contribution is 0.322. The molecule has 0 saturated carbocycles. The lowest BCUT2D eigenvalue weighted by atomic mass is 10.3. The van der Waals surface area contributed by atoms with Crippen LogP contribution < -0.4 is 4.74 Å². The van der Waals surface area contributed by atoms with Crippen LogP contribution in [0.3, 0.4) is 0 Å². The Bertz CT molecular complexity index is 265. The Hall–Kier alpha value is -0.830. The Morgan fingerprint density at radius 3 is 2.67 bits per heavy atom. The number of hydrogen-bond acceptors (Lipinski definition) is 1. The summed E-state index contributed by atoms with van der Waals surface area (Å²) in [6.07, 6.45) is 0. The molecule has 0 heterocycles. The minimum atomic E-state index is -0.708. The van der Waals surface area contributed by atoms with Gasteiger partial charge in [-0.25, -0.2) is 8.78 Å². The van der Waals surface area contributed by atoms with E-state index in [0.717, 1.165) is 12.1 Å². The minimum Gasteiger partial charge on any atom is -0.489 e. The van der Waals surface area contributed by atoms with Crippen molar-refractivity contribution in [3.63, 3.8) is 0 Å². The summed E-state index contributed by atoms with van der Waals surface area (Å²) in [4.78, 5) is 0. The summed E-state index contributed by atoms with van der Waals surface area (Å²) in [5, 5.41) is 0. The molecule has 0 aromatic heterocycles. The number of halogens is 3. The molecule has 0 spiro atoms. The highest BCUT2D eigenvalue weighted by Crippen LogP contribution is 2.17. The van der Waals surface area contributed by atoms with E-state index in [-0.39, 0.29) is 18.2 Å². The van der Waals surface area contributed by atoms with Crippen molar-refractivity contribution >= 4 is 11.6 Å². The van der Waals surface area contributed by atoms with E-state index < -0.39 is 11.6 Å². The van der Waals surface area contributed by atoms with Crippen LogP contribution in [-0.4, -0.2) is 12.5 Å². The molecule has 1 aromatic rings. The highest BCUT2D eigenvalue weighted by Gasteiger charge is 2.03. The molecule has 0 atom stereocenters. The van der Waals surface area contributed by atoms with E-state index in [0.29, 0.717) is 0 Å². The zero-order valence-electron chi connectivity index (χ0n) is 6.19. The predicted molar refractivity (Wildman–Crippen MR) is 42.6 cm³/mol. The molecule has 0 saturated heterocycles. The topological polar surface area (TPSA) is 9.23 Å². The van der Waals surface area contributed by atoms with Gasteiger partial charge in [-0.05, 0) is 12.1 Å². The Balaban J connectivity index is 2.72. The van der Waals surface area contributed by atoms with Gasteiger partial charge in [-0.3, -0.25) is 0 Å². The maximum Gasteiger partial charge on any atom is 0.167 e. The number of alkyl halides is 1. The summed E-state index contributed by atoms with van der Waals surface area (Å²) in [6, 6.07) is 3.13. The van der Waals surface area contributed by atoms with Crippen molar-refractivity contribution in [2.75, 3.05) is 12.5 Å². The standard InChI is InChI=1S/C8H7ClF2O/c9-3-4-12-8-2-1-6(10)5-7(8)11/h1-2,5H,3-4H2. The first-order valence-corrected chi connectivity index (χ1v) is 3.91. The van der Waals surface area contributed by atoms with Crippen molar-refractivity contribution in [3.8, 4) is 5.75 Å². The van der Waals surface area contributed by atoms with Crippen LogP contribution in [0.2, 0.25) is 0 Å². The first-order valence-electron chi connectivity index (χ1n) is 3.38. The molecule has 1 aromatic carbocycles. The monoisotopic (exact) mass is 192 g/mol. The van der Waals surface area contributed by atoms with E-state index in [9.17, 15) is 8.78 Å². The summed E-state index contributed by atoms with van der Waals surface area (Å²) >= 11 is 5.31. The highest BCUT2D eigenvalue weighted by molar-refractivity contribution is 6.17. The lowest BCUT2D eigenvalue weighted by Crippen LogP contribution is -2.00. The molecular formula is C8H7ClF2O. The zero-order valence-corrected chi connectivity index (χ0v) is 6.94. The molecule has 0 unspecified atom stereocenters. The van der Waals surface area contributed by atoms with Gasteiger partial charge in [-0.1, -0.05) is 0 Å². The summed E-state index contributed by atoms with van der Waals surface area (Å²) in [7, 11) is 0. The van der Waals surface area contributed by atoms with Gasteiger partial charge in [0.1, 0.15) is 12.4 Å². The van der Waals surface area contributed by atoms with Crippen molar-refractivity contribution in [3.05, 3.63) is 29.8 Å². The van der Waals surface area contributed by atoms with Gasteiger partial charge in [0.2, 0.25) is 0 Å². The summed E-state index contributed by atoms with van der Waals surface area (Å²) < 4.78 is 30.0. The lowest BCUT2D eigenvalue weighted by Gasteiger charge is -2.03. The highest BCUT2D eigenvalue weighted by atomic mass is 35.5. The van der Waals surface area contributed by atoms with Crippen LogP contribution in [0.4, 0.5) is 8.78 Å². The van der Waals surface area contributed by atoms with E-state index in [1.54, 1.807) is 0 Å². The van der Waals surface area contributed by atoms with Crippen LogP contribution in [-0.2, 0) is 0 Å². The number of hydrogen-bond donors (Lipinski definition) is 0. The van der Waals surface area contributed by atoms with Gasteiger partial charge in [0, 0.05) is 6.07 Å². The Morgan fingerprint density at radius 1 is 1.33 bits per heavy atom. The largest absolute Gasteiger partial charge is 0.489 e. The second-order valence-electron chi connectivity index (χ2n) is 2.11. The molecule has 66 valence electrons. The first kappa shape index (κ1) is 9.26. The zero-order chi connectivity index (χ0) is 8.97. The SMILES string of the molecule is Fc1ccc(OCCCl)c(F)c1. The molecule has 0 bridgehead atoms. The molecule has 4 heteroatoms. The quantitative estimate of drug-likeness (QED) is 0.669. The second kappa shape index (κ2) is 4.26. The molecule has 0 aliphatic carbocycles. The van der Waals surface area contributed by atoms with Crippen molar-refractivity contribution in [1.29, 1.82) is 0 Å². The smallest absolute Gasteiger partial charge is 0.167 e. The van der Waals surface area contributed by atoms with Crippen LogP contribution in [0.1, 0.15) is 0 Å².